The molecule has 0 saturated heterocycles. The monoisotopic (exact) mass is 301 g/mol. The van der Waals surface area contributed by atoms with Crippen LogP contribution in [0.15, 0.2) is 67.3 Å². The summed E-state index contributed by atoms with van der Waals surface area (Å²) in [6.45, 7) is 0.708. The van der Waals surface area contributed by atoms with E-state index in [9.17, 15) is 0 Å². The molecule has 0 atom stereocenters. The maximum Gasteiger partial charge on any atom is 0.222 e. The van der Waals surface area contributed by atoms with E-state index in [2.05, 4.69) is 37.4 Å². The third-order valence-corrected chi connectivity index (χ3v) is 3.70. The Morgan fingerprint density at radius 1 is 0.870 bits per heavy atom. The van der Waals surface area contributed by atoms with E-state index in [0.717, 1.165) is 22.2 Å². The van der Waals surface area contributed by atoms with Gasteiger partial charge in [0.25, 0.3) is 0 Å². The minimum Gasteiger partial charge on any atom is -0.350 e. The predicted octanol–water partition coefficient (Wildman–Crippen LogP) is 3.63. The lowest BCUT2D eigenvalue weighted by atomic mass is 10.1. The molecule has 5 nitrogen and oxygen atoms in total. The molecule has 4 rings (SSSR count). The smallest absolute Gasteiger partial charge is 0.222 e. The molecule has 5 heteroatoms. The number of fused-ring (bicyclic) bond motifs is 1. The first-order valence-electron chi connectivity index (χ1n) is 7.42. The highest BCUT2D eigenvalue weighted by molar-refractivity contribution is 5.81. The molecule has 0 aliphatic carbocycles. The summed E-state index contributed by atoms with van der Waals surface area (Å²) in [6, 6.07) is 16.3. The maximum absolute atomic E-state index is 4.39. The number of rotatable bonds is 4. The summed E-state index contributed by atoms with van der Waals surface area (Å²) in [7, 11) is 0. The summed E-state index contributed by atoms with van der Waals surface area (Å²) in [5, 5.41) is 3.23. The Kier molecular flexibility index (Phi) is 3.44. The molecule has 0 aliphatic rings. The molecule has 4 aromatic rings. The quantitative estimate of drug-likeness (QED) is 0.604. The van der Waals surface area contributed by atoms with Gasteiger partial charge >= 0.3 is 0 Å². The number of aromatic nitrogens is 4. The number of hydrogen-bond acceptors (Lipinski definition) is 4. The van der Waals surface area contributed by atoms with Crippen LogP contribution < -0.4 is 5.32 Å². The first-order chi connectivity index (χ1) is 11.4. The largest absolute Gasteiger partial charge is 0.350 e. The first kappa shape index (κ1) is 13.5. The molecule has 0 saturated carbocycles. The Balaban J connectivity index is 1.51. The molecule has 2 heterocycles. The number of nitrogens with zero attached hydrogens (tertiary/aromatic N) is 3. The fourth-order valence-electron chi connectivity index (χ4n) is 2.46. The van der Waals surface area contributed by atoms with Gasteiger partial charge in [0.15, 0.2) is 0 Å². The predicted molar refractivity (Wildman–Crippen MR) is 90.9 cm³/mol. The van der Waals surface area contributed by atoms with Gasteiger partial charge in [0.1, 0.15) is 0 Å². The summed E-state index contributed by atoms with van der Waals surface area (Å²) >= 11 is 0. The van der Waals surface area contributed by atoms with Gasteiger partial charge in [-0.3, -0.25) is 0 Å². The van der Waals surface area contributed by atoms with Crippen LogP contribution in [0.5, 0.6) is 0 Å². The van der Waals surface area contributed by atoms with E-state index in [4.69, 9.17) is 0 Å². The number of H-pyrrole nitrogens is 1. The van der Waals surface area contributed by atoms with Gasteiger partial charge in [-0.1, -0.05) is 36.4 Å². The lowest BCUT2D eigenvalue weighted by molar-refractivity contribution is 1.06. The topological polar surface area (TPSA) is 66.5 Å². The van der Waals surface area contributed by atoms with Gasteiger partial charge in [-0.15, -0.1) is 0 Å². The summed E-state index contributed by atoms with van der Waals surface area (Å²) in [4.78, 5) is 16.1. The molecule has 112 valence electrons. The molecule has 0 amide bonds. The van der Waals surface area contributed by atoms with E-state index in [-0.39, 0.29) is 0 Å². The molecule has 2 N–H and O–H groups in total. The average Bonchev–Trinajstić information content (AvgIpc) is 3.09. The summed E-state index contributed by atoms with van der Waals surface area (Å²) < 4.78 is 0. The zero-order chi connectivity index (χ0) is 15.5. The van der Waals surface area contributed by atoms with E-state index in [0.29, 0.717) is 12.5 Å². The van der Waals surface area contributed by atoms with E-state index >= 15 is 0 Å². The molecule has 0 spiro atoms. The number of hydrogen-bond donors (Lipinski definition) is 2. The van der Waals surface area contributed by atoms with Crippen molar-refractivity contribution in [1.82, 2.24) is 19.9 Å². The lowest BCUT2D eigenvalue weighted by Crippen LogP contribution is -2.03. The Labute approximate surface area is 133 Å². The van der Waals surface area contributed by atoms with Crippen molar-refractivity contribution in [2.45, 2.75) is 6.54 Å². The third kappa shape index (κ3) is 2.89. The Morgan fingerprint density at radius 2 is 1.70 bits per heavy atom. The van der Waals surface area contributed by atoms with E-state index < -0.39 is 0 Å². The number of benzene rings is 2. The van der Waals surface area contributed by atoms with Crippen LogP contribution in [0.3, 0.4) is 0 Å². The van der Waals surface area contributed by atoms with Gasteiger partial charge in [-0.25, -0.2) is 15.0 Å². The second kappa shape index (κ2) is 5.88. The van der Waals surface area contributed by atoms with Crippen molar-refractivity contribution < 1.29 is 0 Å². The van der Waals surface area contributed by atoms with Crippen LogP contribution >= 0.6 is 0 Å². The number of aromatic amines is 1. The van der Waals surface area contributed by atoms with Gasteiger partial charge in [0, 0.05) is 24.5 Å². The second-order valence-corrected chi connectivity index (χ2v) is 5.27. The second-order valence-electron chi connectivity index (χ2n) is 5.27. The number of imidazole rings is 1. The molecule has 0 fully saturated rings. The van der Waals surface area contributed by atoms with Crippen LogP contribution in [-0.4, -0.2) is 19.9 Å². The zero-order valence-corrected chi connectivity index (χ0v) is 12.4. The third-order valence-electron chi connectivity index (χ3n) is 3.70. The fraction of sp³-hybridized carbons (Fsp3) is 0.0556. The van der Waals surface area contributed by atoms with Crippen LogP contribution in [0.2, 0.25) is 0 Å². The molecule has 0 unspecified atom stereocenters. The van der Waals surface area contributed by atoms with Crippen molar-refractivity contribution in [2.75, 3.05) is 5.32 Å². The van der Waals surface area contributed by atoms with Gasteiger partial charge in [0.05, 0.1) is 17.4 Å². The normalized spacial score (nSPS) is 10.8. The van der Waals surface area contributed by atoms with Crippen molar-refractivity contribution in [2.24, 2.45) is 0 Å². The summed E-state index contributed by atoms with van der Waals surface area (Å²) in [5.41, 5.74) is 5.19. The number of anilines is 1. The van der Waals surface area contributed by atoms with E-state index in [1.807, 2.05) is 48.8 Å². The summed E-state index contributed by atoms with van der Waals surface area (Å²) in [6.07, 6.45) is 5.35. The molecule has 2 aromatic carbocycles. The van der Waals surface area contributed by atoms with Gasteiger partial charge in [0.2, 0.25) is 5.95 Å². The van der Waals surface area contributed by atoms with Crippen molar-refractivity contribution in [1.29, 1.82) is 0 Å². The molecule has 23 heavy (non-hydrogen) atoms. The standard InChI is InChI=1S/C18H15N5/c1-2-4-13(5-3-1)9-19-18-20-10-15(11-21-18)14-6-7-16-17(8-14)23-12-22-16/h1-8,10-12H,9H2,(H,22,23)(H,19,20,21). The van der Waals surface area contributed by atoms with Crippen molar-refractivity contribution in [3.05, 3.63) is 72.8 Å². The van der Waals surface area contributed by atoms with Gasteiger partial charge in [-0.2, -0.15) is 0 Å². The maximum atomic E-state index is 4.39. The first-order valence-corrected chi connectivity index (χ1v) is 7.42. The van der Waals surface area contributed by atoms with Crippen molar-refractivity contribution >= 4 is 17.0 Å². The number of nitrogens with one attached hydrogen (secondary N) is 2. The molecule has 0 aliphatic heterocycles. The minimum absolute atomic E-state index is 0.624. The molecule has 0 radical (unpaired) electrons. The minimum atomic E-state index is 0.624. The molecule has 2 aromatic heterocycles. The van der Waals surface area contributed by atoms with Crippen molar-refractivity contribution in [3.63, 3.8) is 0 Å². The molecular formula is C18H15N5. The Hall–Kier alpha value is -3.21. The lowest BCUT2D eigenvalue weighted by Gasteiger charge is -2.06. The highest BCUT2D eigenvalue weighted by Gasteiger charge is 2.03. The van der Waals surface area contributed by atoms with E-state index in [1.165, 1.54) is 5.56 Å². The average molecular weight is 301 g/mol. The fourth-order valence-corrected chi connectivity index (χ4v) is 2.46. The van der Waals surface area contributed by atoms with Gasteiger partial charge < -0.3 is 10.3 Å². The van der Waals surface area contributed by atoms with Crippen LogP contribution in [0.25, 0.3) is 22.2 Å². The van der Waals surface area contributed by atoms with E-state index in [1.54, 1.807) is 6.33 Å². The van der Waals surface area contributed by atoms with Crippen LogP contribution in [0, 0.1) is 0 Å². The highest BCUT2D eigenvalue weighted by Crippen LogP contribution is 2.22. The van der Waals surface area contributed by atoms with Crippen LogP contribution in [0.4, 0.5) is 5.95 Å². The SMILES string of the molecule is c1ccc(CNc2ncc(-c3ccc4[nH]cnc4c3)cn2)cc1. The van der Waals surface area contributed by atoms with Crippen molar-refractivity contribution in [3.8, 4) is 11.1 Å². The summed E-state index contributed by atoms with van der Waals surface area (Å²) in [5.74, 6) is 0.624. The molecular weight excluding hydrogens is 286 g/mol. The molecule has 0 bridgehead atoms. The highest BCUT2D eigenvalue weighted by atomic mass is 15.1. The Bertz CT molecular complexity index is 913. The van der Waals surface area contributed by atoms with Crippen LogP contribution in [0.1, 0.15) is 5.56 Å². The van der Waals surface area contributed by atoms with Crippen LogP contribution in [-0.2, 0) is 6.54 Å². The zero-order valence-electron chi connectivity index (χ0n) is 12.4. The van der Waals surface area contributed by atoms with Gasteiger partial charge in [-0.05, 0) is 23.3 Å². The Morgan fingerprint density at radius 3 is 2.52 bits per heavy atom.